The van der Waals surface area contributed by atoms with E-state index in [0.29, 0.717) is 0 Å². The van der Waals surface area contributed by atoms with Crippen LogP contribution in [0.15, 0.2) is 36.1 Å². The van der Waals surface area contributed by atoms with Crippen molar-refractivity contribution in [3.05, 3.63) is 47.3 Å². The van der Waals surface area contributed by atoms with Gasteiger partial charge in [-0.05, 0) is 19.9 Å². The van der Waals surface area contributed by atoms with Crippen LogP contribution < -0.4 is 15.4 Å². The van der Waals surface area contributed by atoms with Gasteiger partial charge in [-0.25, -0.2) is 4.79 Å². The normalized spacial score (nSPS) is 31.1. The number of hydrogen-bond donors (Lipinski definition) is 7. The van der Waals surface area contributed by atoms with Crippen molar-refractivity contribution in [2.45, 2.75) is 85.6 Å². The molecule has 2 amide bonds. The monoisotopic (exact) mass is 770 g/mol. The molecule has 0 radical (unpaired) electrons. The molecule has 16 nitrogen and oxygen atoms in total. The Morgan fingerprint density at radius 3 is 2.16 bits per heavy atom. The summed E-state index contributed by atoms with van der Waals surface area (Å²) < 4.78 is 28.0. The molecule has 0 spiro atoms. The van der Waals surface area contributed by atoms with E-state index in [1.807, 2.05) is 0 Å². The Bertz CT molecular complexity index is 1950. The van der Waals surface area contributed by atoms with Crippen LogP contribution in [0.3, 0.4) is 0 Å². The lowest BCUT2D eigenvalue weighted by Gasteiger charge is -2.38. The summed E-state index contributed by atoms with van der Waals surface area (Å²) in [7, 11) is 2.45. The maximum atomic E-state index is 14.2. The topological polar surface area (TPSA) is 240 Å². The number of anilines is 2. The van der Waals surface area contributed by atoms with Crippen molar-refractivity contribution in [2.75, 3.05) is 24.9 Å². The number of rotatable bonds is 3. The van der Waals surface area contributed by atoms with E-state index in [1.54, 1.807) is 33.8 Å². The molecule has 0 unspecified atom stereocenters. The lowest BCUT2D eigenvalue weighted by Crippen LogP contribution is -2.46. The molecule has 0 fully saturated rings. The second-order valence-corrected chi connectivity index (χ2v) is 14.2. The molecule has 16 heteroatoms. The summed E-state index contributed by atoms with van der Waals surface area (Å²) in [6.45, 7) is 12.1. The predicted molar refractivity (Wildman–Crippen MR) is 200 cm³/mol. The summed E-state index contributed by atoms with van der Waals surface area (Å²) in [6.07, 6.45) is 2.02. The van der Waals surface area contributed by atoms with Gasteiger partial charge in [0.15, 0.2) is 5.75 Å². The van der Waals surface area contributed by atoms with Gasteiger partial charge in [-0.2, -0.15) is 0 Å². The van der Waals surface area contributed by atoms with E-state index in [1.165, 1.54) is 53.0 Å². The molecule has 0 saturated carbocycles. The van der Waals surface area contributed by atoms with E-state index >= 15 is 0 Å². The number of carbonyl (C=O) groups excluding carboxylic acids is 4. The SMILES string of the molecule is COC(=O)Nc1c2c(O)c3c(O)c(C)c4c(c3c1O)C(=O)[C@@](C)(O/C=C/[C@H](OC)[C@@H](C)[C@@H](OC(C)=O)[C@H](C)[C@H](O)[C@H](C)[C@@H](O)[C@@H](C)/C=C/C=C(/C)C(=O)N2)O4. The van der Waals surface area contributed by atoms with Crippen LogP contribution >= 0.6 is 0 Å². The number of aromatic hydroxyl groups is 3. The highest BCUT2D eigenvalue weighted by atomic mass is 16.7. The fourth-order valence-electron chi connectivity index (χ4n) is 7.00. The maximum Gasteiger partial charge on any atom is 0.411 e. The van der Waals surface area contributed by atoms with E-state index in [2.05, 4.69) is 10.6 Å². The third-order valence-electron chi connectivity index (χ3n) is 10.4. The smallest absolute Gasteiger partial charge is 0.411 e. The van der Waals surface area contributed by atoms with Crippen molar-refractivity contribution < 1.29 is 68.4 Å². The summed E-state index contributed by atoms with van der Waals surface area (Å²) in [5, 5.41) is 61.2. The molecule has 5 rings (SSSR count). The fraction of sp³-hybridized carbons (Fsp3) is 0.487. The zero-order chi connectivity index (χ0) is 41.3. The van der Waals surface area contributed by atoms with E-state index in [0.717, 1.165) is 13.4 Å². The van der Waals surface area contributed by atoms with Crippen molar-refractivity contribution in [1.82, 2.24) is 0 Å². The van der Waals surface area contributed by atoms with Gasteiger partial charge >= 0.3 is 17.8 Å². The number of phenols is 3. The van der Waals surface area contributed by atoms with Crippen LogP contribution in [0.4, 0.5) is 16.2 Å². The molecular weight excluding hydrogens is 720 g/mol. The third-order valence-corrected chi connectivity index (χ3v) is 10.4. The first-order valence-electron chi connectivity index (χ1n) is 17.6. The van der Waals surface area contributed by atoms with Crippen LogP contribution in [-0.4, -0.2) is 93.7 Å². The molecule has 9 atom stereocenters. The van der Waals surface area contributed by atoms with Crippen LogP contribution in [-0.2, 0) is 28.5 Å². The molecule has 3 heterocycles. The Kier molecular flexibility index (Phi) is 12.8. The molecular formula is C39H50N2O14. The minimum absolute atomic E-state index is 0.0229. The minimum Gasteiger partial charge on any atom is -0.507 e. The number of Topliss-reactive ketones (excluding diaryl/α,β-unsaturated/α-hetero) is 1. The summed E-state index contributed by atoms with van der Waals surface area (Å²) in [4.78, 5) is 52.4. The van der Waals surface area contributed by atoms with Gasteiger partial charge < -0.3 is 54.5 Å². The lowest BCUT2D eigenvalue weighted by atomic mass is 9.78. The standard InChI is InChI=1S/C39H50N2O14/c1-16-12-11-13-17(2)37(49)40-27-28(41-38(50)52-10)32(46)24-25(33(27)47)31(45)21(6)35-26(24)36(48)39(8,55-35)53-15-14-23(51-9)18(3)34(54-22(7)42)20(5)30(44)19(4)29(16)43/h11-16,18-20,23,29-30,34,43-47H,1-10H3,(H,40,49)(H,41,50)/b12-11+,15-14+,17-13-/t16-,18+,19+,20+,23-,29-,30+,34+,39-/m0/s1. The van der Waals surface area contributed by atoms with Gasteiger partial charge in [0.05, 0.1) is 42.6 Å². The largest absolute Gasteiger partial charge is 0.507 e. The van der Waals surface area contributed by atoms with E-state index in [-0.39, 0.29) is 22.4 Å². The number of methoxy groups -OCH3 is 2. The average Bonchev–Trinajstić information content (AvgIpc) is 3.41. The molecule has 300 valence electrons. The lowest BCUT2D eigenvalue weighted by molar-refractivity contribution is -0.160. The van der Waals surface area contributed by atoms with Crippen molar-refractivity contribution in [1.29, 1.82) is 0 Å². The van der Waals surface area contributed by atoms with Crippen LogP contribution in [0.1, 0.15) is 64.4 Å². The van der Waals surface area contributed by atoms with E-state index in [4.69, 9.17) is 23.7 Å². The van der Waals surface area contributed by atoms with Gasteiger partial charge in [0.25, 0.3) is 11.7 Å². The zero-order valence-electron chi connectivity index (χ0n) is 32.4. The van der Waals surface area contributed by atoms with Crippen LogP contribution in [0.25, 0.3) is 10.8 Å². The Morgan fingerprint density at radius 2 is 1.56 bits per heavy atom. The Hall–Kier alpha value is -5.32. The van der Waals surface area contributed by atoms with Crippen molar-refractivity contribution in [2.24, 2.45) is 23.7 Å². The molecule has 55 heavy (non-hydrogen) atoms. The molecule has 0 aliphatic carbocycles. The highest BCUT2D eigenvalue weighted by Crippen LogP contribution is 2.57. The Labute approximate surface area is 318 Å². The van der Waals surface area contributed by atoms with E-state index in [9.17, 15) is 44.7 Å². The first-order valence-corrected chi connectivity index (χ1v) is 17.6. The molecule has 7 N–H and O–H groups in total. The van der Waals surface area contributed by atoms with Crippen molar-refractivity contribution in [3.8, 4) is 23.0 Å². The van der Waals surface area contributed by atoms with Crippen molar-refractivity contribution in [3.63, 3.8) is 0 Å². The summed E-state index contributed by atoms with van der Waals surface area (Å²) in [5.74, 6) is -9.42. The van der Waals surface area contributed by atoms with Gasteiger partial charge in [-0.1, -0.05) is 45.9 Å². The molecule has 3 aliphatic rings. The zero-order valence-corrected chi connectivity index (χ0v) is 32.4. The first kappa shape index (κ1) is 42.4. The number of amides is 2. The molecule has 2 aromatic carbocycles. The first-order chi connectivity index (χ1) is 25.7. The highest BCUT2D eigenvalue weighted by Gasteiger charge is 2.50. The number of allylic oxidation sites excluding steroid dienone is 2. The predicted octanol–water partition coefficient (Wildman–Crippen LogP) is 4.93. The molecule has 5 bridgehead atoms. The number of phenolic OH excluding ortho intramolecular Hbond substituents is 3. The van der Waals surface area contributed by atoms with Gasteiger partial charge in [0.1, 0.15) is 34.7 Å². The van der Waals surface area contributed by atoms with Gasteiger partial charge in [0.2, 0.25) is 0 Å². The third kappa shape index (κ3) is 8.07. The molecule has 3 aliphatic heterocycles. The Morgan fingerprint density at radius 1 is 0.909 bits per heavy atom. The maximum absolute atomic E-state index is 14.2. The van der Waals surface area contributed by atoms with E-state index < -0.39 is 117 Å². The van der Waals surface area contributed by atoms with Crippen LogP contribution in [0.5, 0.6) is 23.0 Å². The number of ether oxygens (including phenoxy) is 5. The van der Waals surface area contributed by atoms with Crippen LogP contribution in [0.2, 0.25) is 0 Å². The summed E-state index contributed by atoms with van der Waals surface area (Å²) in [5.41, 5.74) is -1.35. The quantitative estimate of drug-likeness (QED) is 0.124. The number of esters is 1. The van der Waals surface area contributed by atoms with Gasteiger partial charge in [0, 0.05) is 61.2 Å². The number of aliphatic hydroxyl groups excluding tert-OH is 2. The fourth-order valence-corrected chi connectivity index (χ4v) is 7.00. The number of benzene rings is 2. The Balaban J connectivity index is 1.97. The second-order valence-electron chi connectivity index (χ2n) is 14.2. The number of aliphatic hydroxyl groups is 2. The average molecular weight is 771 g/mol. The molecule has 0 aromatic heterocycles. The summed E-state index contributed by atoms with van der Waals surface area (Å²) >= 11 is 0. The minimum atomic E-state index is -2.11. The number of hydrogen-bond acceptors (Lipinski definition) is 14. The second kappa shape index (κ2) is 16.6. The molecule has 2 aromatic rings. The highest BCUT2D eigenvalue weighted by molar-refractivity contribution is 6.24. The number of nitrogens with one attached hydrogen (secondary N) is 2. The summed E-state index contributed by atoms with van der Waals surface area (Å²) in [6, 6.07) is 0. The number of carbonyl (C=O) groups is 4. The number of fused-ring (bicyclic) bond motifs is 14. The van der Waals surface area contributed by atoms with Gasteiger partial charge in [-0.15, -0.1) is 0 Å². The van der Waals surface area contributed by atoms with Gasteiger partial charge in [-0.3, -0.25) is 19.7 Å². The number of ketones is 1. The van der Waals surface area contributed by atoms with Crippen molar-refractivity contribution >= 4 is 45.9 Å². The van der Waals surface area contributed by atoms with Crippen LogP contribution in [0, 0.1) is 30.6 Å². The molecule has 0 saturated heterocycles.